The van der Waals surface area contributed by atoms with Crippen molar-refractivity contribution in [3.63, 3.8) is 0 Å². The fraction of sp³-hybridized carbons (Fsp3) is 0.462. The van der Waals surface area contributed by atoms with Gasteiger partial charge in [0, 0.05) is 19.0 Å². The Bertz CT molecular complexity index is 368. The first-order valence-corrected chi connectivity index (χ1v) is 6.21. The molecular weight excluding hydrogens is 238 g/mol. The van der Waals surface area contributed by atoms with Crippen LogP contribution in [0.3, 0.4) is 0 Å². The number of hydrogen-bond acceptors (Lipinski definition) is 2. The van der Waals surface area contributed by atoms with Crippen molar-refractivity contribution in [2.75, 3.05) is 26.1 Å². The van der Waals surface area contributed by atoms with E-state index in [4.69, 9.17) is 16.3 Å². The van der Waals surface area contributed by atoms with Gasteiger partial charge >= 0.3 is 0 Å². The SMILES string of the molecule is CCN(CCCl)C(=O)Cc1cccc(OC)c1. The van der Waals surface area contributed by atoms with Gasteiger partial charge in [-0.1, -0.05) is 12.1 Å². The summed E-state index contributed by atoms with van der Waals surface area (Å²) in [5.74, 6) is 1.34. The van der Waals surface area contributed by atoms with Crippen molar-refractivity contribution >= 4 is 17.5 Å². The molecule has 0 aliphatic carbocycles. The highest BCUT2D eigenvalue weighted by Crippen LogP contribution is 2.13. The average Bonchev–Trinajstić information content (AvgIpc) is 2.36. The van der Waals surface area contributed by atoms with Crippen LogP contribution in [-0.4, -0.2) is 36.9 Å². The summed E-state index contributed by atoms with van der Waals surface area (Å²) in [5, 5.41) is 0. The summed E-state index contributed by atoms with van der Waals surface area (Å²) in [4.78, 5) is 13.7. The van der Waals surface area contributed by atoms with Crippen LogP contribution in [0.2, 0.25) is 0 Å². The molecule has 0 radical (unpaired) electrons. The molecule has 3 nitrogen and oxygen atoms in total. The predicted octanol–water partition coefficient (Wildman–Crippen LogP) is 2.33. The van der Waals surface area contributed by atoms with E-state index in [-0.39, 0.29) is 5.91 Å². The van der Waals surface area contributed by atoms with Crippen LogP contribution in [0.4, 0.5) is 0 Å². The van der Waals surface area contributed by atoms with Crippen LogP contribution in [0.15, 0.2) is 24.3 Å². The number of benzene rings is 1. The number of likely N-dealkylation sites (N-methyl/N-ethyl adjacent to an activating group) is 1. The van der Waals surface area contributed by atoms with E-state index in [9.17, 15) is 4.79 Å². The summed E-state index contributed by atoms with van der Waals surface area (Å²) >= 11 is 5.66. The molecule has 1 aromatic carbocycles. The number of amides is 1. The molecule has 0 fully saturated rings. The number of alkyl halides is 1. The van der Waals surface area contributed by atoms with Crippen LogP contribution in [-0.2, 0) is 11.2 Å². The molecule has 1 rings (SSSR count). The molecule has 1 amide bonds. The Hall–Kier alpha value is -1.22. The van der Waals surface area contributed by atoms with Gasteiger partial charge in [0.15, 0.2) is 0 Å². The zero-order valence-electron chi connectivity index (χ0n) is 10.3. The van der Waals surface area contributed by atoms with Crippen LogP contribution >= 0.6 is 11.6 Å². The predicted molar refractivity (Wildman–Crippen MR) is 69.7 cm³/mol. The number of nitrogens with zero attached hydrogens (tertiary/aromatic N) is 1. The van der Waals surface area contributed by atoms with Crippen molar-refractivity contribution in [2.45, 2.75) is 13.3 Å². The van der Waals surface area contributed by atoms with E-state index >= 15 is 0 Å². The molecule has 0 saturated carbocycles. The lowest BCUT2D eigenvalue weighted by molar-refractivity contribution is -0.130. The van der Waals surface area contributed by atoms with Crippen molar-refractivity contribution < 1.29 is 9.53 Å². The van der Waals surface area contributed by atoms with Gasteiger partial charge in [0.2, 0.25) is 5.91 Å². The van der Waals surface area contributed by atoms with E-state index in [1.807, 2.05) is 31.2 Å². The molecule has 17 heavy (non-hydrogen) atoms. The Morgan fingerprint density at radius 2 is 2.24 bits per heavy atom. The summed E-state index contributed by atoms with van der Waals surface area (Å²) in [6, 6.07) is 7.56. The number of methoxy groups -OCH3 is 1. The van der Waals surface area contributed by atoms with E-state index in [1.165, 1.54) is 0 Å². The van der Waals surface area contributed by atoms with Crippen molar-refractivity contribution in [3.05, 3.63) is 29.8 Å². The first-order valence-electron chi connectivity index (χ1n) is 5.68. The fourth-order valence-electron chi connectivity index (χ4n) is 1.63. The molecule has 0 bridgehead atoms. The molecule has 0 aliphatic heterocycles. The lowest BCUT2D eigenvalue weighted by Crippen LogP contribution is -2.33. The van der Waals surface area contributed by atoms with E-state index in [2.05, 4.69) is 0 Å². The van der Waals surface area contributed by atoms with Crippen molar-refractivity contribution in [2.24, 2.45) is 0 Å². The number of carbonyl (C=O) groups excluding carboxylic acids is 1. The summed E-state index contributed by atoms with van der Waals surface area (Å²) in [5.41, 5.74) is 0.961. The topological polar surface area (TPSA) is 29.5 Å². The molecule has 0 unspecified atom stereocenters. The number of hydrogen-bond donors (Lipinski definition) is 0. The van der Waals surface area contributed by atoms with Crippen LogP contribution in [0.5, 0.6) is 5.75 Å². The lowest BCUT2D eigenvalue weighted by Gasteiger charge is -2.19. The van der Waals surface area contributed by atoms with Gasteiger partial charge in [0.05, 0.1) is 13.5 Å². The Labute approximate surface area is 107 Å². The Morgan fingerprint density at radius 3 is 2.82 bits per heavy atom. The van der Waals surface area contributed by atoms with Gasteiger partial charge in [0.1, 0.15) is 5.75 Å². The van der Waals surface area contributed by atoms with Gasteiger partial charge in [-0.3, -0.25) is 4.79 Å². The zero-order chi connectivity index (χ0) is 12.7. The second-order valence-electron chi connectivity index (χ2n) is 3.69. The van der Waals surface area contributed by atoms with Crippen molar-refractivity contribution in [1.29, 1.82) is 0 Å². The molecule has 4 heteroatoms. The third-order valence-electron chi connectivity index (χ3n) is 2.58. The minimum Gasteiger partial charge on any atom is -0.497 e. The molecule has 1 aromatic rings. The Balaban J connectivity index is 2.65. The highest BCUT2D eigenvalue weighted by atomic mass is 35.5. The molecular formula is C13H18ClNO2. The highest BCUT2D eigenvalue weighted by molar-refractivity contribution is 6.18. The van der Waals surface area contributed by atoms with Gasteiger partial charge in [-0.25, -0.2) is 0 Å². The van der Waals surface area contributed by atoms with E-state index in [0.717, 1.165) is 11.3 Å². The number of ether oxygens (including phenoxy) is 1. The zero-order valence-corrected chi connectivity index (χ0v) is 11.0. The van der Waals surface area contributed by atoms with Gasteiger partial charge in [0.25, 0.3) is 0 Å². The standard InChI is InChI=1S/C13H18ClNO2/c1-3-15(8-7-14)13(16)10-11-5-4-6-12(9-11)17-2/h4-6,9H,3,7-8,10H2,1-2H3. The fourth-order valence-corrected chi connectivity index (χ4v) is 1.83. The molecule has 0 atom stereocenters. The molecule has 0 heterocycles. The second-order valence-corrected chi connectivity index (χ2v) is 4.07. The first kappa shape index (κ1) is 13.8. The number of carbonyl (C=O) groups is 1. The van der Waals surface area contributed by atoms with Crippen LogP contribution in [0.25, 0.3) is 0 Å². The molecule has 0 spiro atoms. The minimum absolute atomic E-state index is 0.0985. The highest BCUT2D eigenvalue weighted by Gasteiger charge is 2.11. The Kier molecular flexibility index (Phi) is 5.84. The van der Waals surface area contributed by atoms with Gasteiger partial charge < -0.3 is 9.64 Å². The quantitative estimate of drug-likeness (QED) is 0.730. The summed E-state index contributed by atoms with van der Waals surface area (Å²) < 4.78 is 5.12. The van der Waals surface area contributed by atoms with Crippen LogP contribution in [0, 0.1) is 0 Å². The summed E-state index contributed by atoms with van der Waals surface area (Å²) in [6.45, 7) is 3.24. The van der Waals surface area contributed by atoms with Crippen molar-refractivity contribution in [1.82, 2.24) is 4.90 Å². The molecule has 0 aromatic heterocycles. The minimum atomic E-state index is 0.0985. The van der Waals surface area contributed by atoms with E-state index in [1.54, 1.807) is 12.0 Å². The average molecular weight is 256 g/mol. The molecule has 94 valence electrons. The van der Waals surface area contributed by atoms with E-state index in [0.29, 0.717) is 25.4 Å². The van der Waals surface area contributed by atoms with Gasteiger partial charge in [-0.15, -0.1) is 11.6 Å². The Morgan fingerprint density at radius 1 is 1.47 bits per heavy atom. The molecule has 0 saturated heterocycles. The second kappa shape index (κ2) is 7.17. The maximum Gasteiger partial charge on any atom is 0.227 e. The van der Waals surface area contributed by atoms with Gasteiger partial charge in [-0.2, -0.15) is 0 Å². The largest absolute Gasteiger partial charge is 0.497 e. The maximum atomic E-state index is 12.0. The monoisotopic (exact) mass is 255 g/mol. The molecule has 0 N–H and O–H groups in total. The van der Waals surface area contributed by atoms with Crippen LogP contribution < -0.4 is 4.74 Å². The normalized spacial score (nSPS) is 10.1. The lowest BCUT2D eigenvalue weighted by atomic mass is 10.1. The number of halogens is 1. The first-order chi connectivity index (χ1) is 8.21. The summed E-state index contributed by atoms with van der Waals surface area (Å²) in [6.07, 6.45) is 0.391. The third kappa shape index (κ3) is 4.27. The van der Waals surface area contributed by atoms with Crippen molar-refractivity contribution in [3.8, 4) is 5.75 Å². The van der Waals surface area contributed by atoms with E-state index < -0.39 is 0 Å². The molecule has 0 aliphatic rings. The third-order valence-corrected chi connectivity index (χ3v) is 2.75. The summed E-state index contributed by atoms with van der Waals surface area (Å²) in [7, 11) is 1.62. The number of rotatable bonds is 6. The van der Waals surface area contributed by atoms with Gasteiger partial charge in [-0.05, 0) is 24.6 Å². The smallest absolute Gasteiger partial charge is 0.227 e. The van der Waals surface area contributed by atoms with Crippen LogP contribution in [0.1, 0.15) is 12.5 Å². The maximum absolute atomic E-state index is 12.0.